The van der Waals surface area contributed by atoms with E-state index < -0.39 is 21.5 Å². The van der Waals surface area contributed by atoms with Crippen LogP contribution in [0.2, 0.25) is 0 Å². The van der Waals surface area contributed by atoms with Crippen LogP contribution in [0.3, 0.4) is 0 Å². The third-order valence-electron chi connectivity index (χ3n) is 3.66. The predicted octanol–water partition coefficient (Wildman–Crippen LogP) is 2.40. The molecule has 0 aromatic heterocycles. The summed E-state index contributed by atoms with van der Waals surface area (Å²) < 4.78 is 22.8. The first kappa shape index (κ1) is 21.4. The summed E-state index contributed by atoms with van der Waals surface area (Å²) in [4.78, 5) is 10.6. The van der Waals surface area contributed by atoms with Gasteiger partial charge in [-0.25, -0.2) is 8.42 Å². The zero-order valence-electron chi connectivity index (χ0n) is 14.1. The lowest BCUT2D eigenvalue weighted by molar-refractivity contribution is -0.115. The summed E-state index contributed by atoms with van der Waals surface area (Å²) >= 11 is 0. The highest BCUT2D eigenvalue weighted by molar-refractivity contribution is 7.92. The molecule has 3 N–H and O–H groups in total. The largest absolute Gasteiger partial charge is 0.369 e. The van der Waals surface area contributed by atoms with Crippen LogP contribution in [0.5, 0.6) is 0 Å². The number of nitrogens with one attached hydrogen (secondary N) is 1. The summed E-state index contributed by atoms with van der Waals surface area (Å²) in [6.45, 7) is 3.47. The molecule has 22 heavy (non-hydrogen) atoms. The van der Waals surface area contributed by atoms with Gasteiger partial charge in [-0.1, -0.05) is 64.7 Å². The average molecular weight is 335 g/mol. The minimum absolute atomic E-state index is 0.0201. The maximum atomic E-state index is 11.4. The van der Waals surface area contributed by atoms with Crippen molar-refractivity contribution in [1.29, 1.82) is 0 Å². The molecule has 132 valence electrons. The molecule has 0 fully saturated rings. The number of carbonyl (C=O) groups is 1. The molecule has 5 nitrogen and oxygen atoms in total. The summed E-state index contributed by atoms with van der Waals surface area (Å²) in [5.74, 6) is -1.35. The minimum atomic E-state index is -3.33. The predicted molar refractivity (Wildman–Crippen MR) is 92.6 cm³/mol. The topological polar surface area (TPSA) is 89.3 Å². The lowest BCUT2D eigenvalue weighted by Gasteiger charge is -2.05. The van der Waals surface area contributed by atoms with E-state index in [9.17, 15) is 13.2 Å². The Morgan fingerprint density at radius 3 is 1.86 bits per heavy atom. The third kappa shape index (κ3) is 15.8. The fourth-order valence-corrected chi connectivity index (χ4v) is 3.41. The molecule has 0 bridgehead atoms. The Labute approximate surface area is 136 Å². The Morgan fingerprint density at radius 1 is 0.864 bits per heavy atom. The van der Waals surface area contributed by atoms with Crippen molar-refractivity contribution in [2.75, 3.05) is 24.6 Å². The second kappa shape index (κ2) is 14.0. The molecule has 0 unspecified atom stereocenters. The van der Waals surface area contributed by atoms with Crippen LogP contribution in [0, 0.1) is 0 Å². The number of unbranched alkanes of at least 4 members (excludes halogenated alkanes) is 9. The van der Waals surface area contributed by atoms with Crippen molar-refractivity contribution < 1.29 is 13.2 Å². The van der Waals surface area contributed by atoms with Crippen LogP contribution in [-0.4, -0.2) is 38.9 Å². The highest BCUT2D eigenvalue weighted by Crippen LogP contribution is 2.10. The Balaban J connectivity index is 3.25. The van der Waals surface area contributed by atoms with E-state index in [1.165, 1.54) is 57.8 Å². The lowest BCUT2D eigenvalue weighted by Crippen LogP contribution is -2.30. The van der Waals surface area contributed by atoms with E-state index in [2.05, 4.69) is 12.2 Å². The molecule has 0 saturated carbocycles. The summed E-state index contributed by atoms with van der Waals surface area (Å²) in [5.41, 5.74) is 4.88. The smallest absolute Gasteiger partial charge is 0.232 e. The summed E-state index contributed by atoms with van der Waals surface area (Å²) in [7, 11) is -3.33. The highest BCUT2D eigenvalue weighted by atomic mass is 32.2. The van der Waals surface area contributed by atoms with E-state index in [0.717, 1.165) is 13.0 Å². The average Bonchev–Trinajstić information content (AvgIpc) is 2.42. The number of carbonyl (C=O) groups excluding carboxylic acids is 1. The molecule has 0 spiro atoms. The van der Waals surface area contributed by atoms with Gasteiger partial charge < -0.3 is 11.1 Å². The number of hydrogen-bond acceptors (Lipinski definition) is 4. The Morgan fingerprint density at radius 2 is 1.36 bits per heavy atom. The molecule has 0 rings (SSSR count). The van der Waals surface area contributed by atoms with Gasteiger partial charge in [0.05, 0.1) is 5.75 Å². The van der Waals surface area contributed by atoms with Gasteiger partial charge in [0.15, 0.2) is 9.84 Å². The lowest BCUT2D eigenvalue weighted by atomic mass is 10.1. The van der Waals surface area contributed by atoms with Gasteiger partial charge in [-0.15, -0.1) is 0 Å². The second-order valence-electron chi connectivity index (χ2n) is 5.99. The van der Waals surface area contributed by atoms with E-state index in [-0.39, 0.29) is 5.75 Å². The molecule has 0 aromatic rings. The summed E-state index contributed by atoms with van der Waals surface area (Å²) in [6.07, 6.45) is 12.9. The standard InChI is InChI=1S/C16H34N2O3S/c1-2-3-4-5-6-7-8-9-10-11-12-18-13-14-22(20,21)15-16(17)19/h18H,2-15H2,1H3,(H2,17,19). The van der Waals surface area contributed by atoms with Crippen molar-refractivity contribution in [1.82, 2.24) is 5.32 Å². The minimum Gasteiger partial charge on any atom is -0.369 e. The van der Waals surface area contributed by atoms with Crippen molar-refractivity contribution in [2.24, 2.45) is 5.73 Å². The van der Waals surface area contributed by atoms with Crippen molar-refractivity contribution >= 4 is 15.7 Å². The van der Waals surface area contributed by atoms with Gasteiger partial charge in [-0.05, 0) is 13.0 Å². The van der Waals surface area contributed by atoms with E-state index in [0.29, 0.717) is 6.54 Å². The number of amides is 1. The molecule has 0 aliphatic carbocycles. The van der Waals surface area contributed by atoms with Crippen LogP contribution in [0.1, 0.15) is 71.1 Å². The molecule has 0 aromatic carbocycles. The quantitative estimate of drug-likeness (QED) is 0.424. The van der Waals surface area contributed by atoms with Gasteiger partial charge in [0, 0.05) is 6.54 Å². The number of nitrogens with two attached hydrogens (primary N) is 1. The van der Waals surface area contributed by atoms with Gasteiger partial charge in [0.25, 0.3) is 0 Å². The van der Waals surface area contributed by atoms with Crippen LogP contribution >= 0.6 is 0 Å². The molecule has 0 radical (unpaired) electrons. The molecule has 0 heterocycles. The number of sulfone groups is 1. The van der Waals surface area contributed by atoms with Gasteiger partial charge in [-0.2, -0.15) is 0 Å². The van der Waals surface area contributed by atoms with Crippen LogP contribution in [0.15, 0.2) is 0 Å². The van der Waals surface area contributed by atoms with Crippen LogP contribution in [0.25, 0.3) is 0 Å². The monoisotopic (exact) mass is 334 g/mol. The van der Waals surface area contributed by atoms with Gasteiger partial charge in [0.2, 0.25) is 5.91 Å². The first-order chi connectivity index (χ1) is 10.5. The normalized spacial score (nSPS) is 11.7. The highest BCUT2D eigenvalue weighted by Gasteiger charge is 2.13. The van der Waals surface area contributed by atoms with Gasteiger partial charge in [-0.3, -0.25) is 4.79 Å². The number of hydrogen-bond donors (Lipinski definition) is 2. The van der Waals surface area contributed by atoms with Crippen molar-refractivity contribution in [2.45, 2.75) is 71.1 Å². The number of rotatable bonds is 16. The van der Waals surface area contributed by atoms with E-state index >= 15 is 0 Å². The third-order valence-corrected chi connectivity index (χ3v) is 5.21. The summed E-state index contributed by atoms with van der Waals surface area (Å²) in [6, 6.07) is 0. The molecule has 1 amide bonds. The maximum absolute atomic E-state index is 11.4. The van der Waals surface area contributed by atoms with Crippen LogP contribution in [0.4, 0.5) is 0 Å². The van der Waals surface area contributed by atoms with Crippen molar-refractivity contribution in [3.63, 3.8) is 0 Å². The molecule has 0 aliphatic rings. The number of primary amides is 1. The molecule has 0 saturated heterocycles. The molecular weight excluding hydrogens is 300 g/mol. The fourth-order valence-electron chi connectivity index (χ4n) is 2.38. The van der Waals surface area contributed by atoms with Crippen molar-refractivity contribution in [3.8, 4) is 0 Å². The van der Waals surface area contributed by atoms with E-state index in [4.69, 9.17) is 5.73 Å². The molecule has 0 aliphatic heterocycles. The Kier molecular flexibility index (Phi) is 13.6. The fraction of sp³-hybridized carbons (Fsp3) is 0.938. The molecule has 0 atom stereocenters. The van der Waals surface area contributed by atoms with Gasteiger partial charge in [0.1, 0.15) is 5.75 Å². The Hall–Kier alpha value is -0.620. The molecular formula is C16H34N2O3S. The van der Waals surface area contributed by atoms with Gasteiger partial charge >= 0.3 is 0 Å². The zero-order chi connectivity index (χ0) is 16.7. The van der Waals surface area contributed by atoms with Crippen LogP contribution in [-0.2, 0) is 14.6 Å². The van der Waals surface area contributed by atoms with E-state index in [1.54, 1.807) is 0 Å². The first-order valence-electron chi connectivity index (χ1n) is 8.67. The van der Waals surface area contributed by atoms with E-state index in [1.807, 2.05) is 0 Å². The Bertz CT molecular complexity index is 370. The zero-order valence-corrected chi connectivity index (χ0v) is 14.9. The van der Waals surface area contributed by atoms with Crippen LogP contribution < -0.4 is 11.1 Å². The maximum Gasteiger partial charge on any atom is 0.232 e. The SMILES string of the molecule is CCCCCCCCCCCCNCCS(=O)(=O)CC(N)=O. The second-order valence-corrected chi connectivity index (χ2v) is 8.17. The summed E-state index contributed by atoms with van der Waals surface area (Å²) in [5, 5.41) is 3.11. The van der Waals surface area contributed by atoms with Crippen molar-refractivity contribution in [3.05, 3.63) is 0 Å². The molecule has 6 heteroatoms. The first-order valence-corrected chi connectivity index (χ1v) is 10.5.